The molecule has 5 rings (SSSR count). The van der Waals surface area contributed by atoms with Crippen LogP contribution in [0.5, 0.6) is 0 Å². The molecule has 0 spiro atoms. The van der Waals surface area contributed by atoms with Crippen molar-refractivity contribution in [1.29, 1.82) is 0 Å². The van der Waals surface area contributed by atoms with Crippen LogP contribution < -0.4 is 5.32 Å². The standard InChI is InChI=1S/C32H35N3O5S/c1-4-25(29(36)35-30-27(32(38)39-5-2)22-10-8-6-7-9-11-26(22)41-30)40-31(37)21-16-17-23-24(18-21)34-28(33-23)20-14-12-19(3)13-15-20/h12-18,25H,4-11H2,1-3H3,(H,33,34)(H,35,36). The van der Waals surface area contributed by atoms with Crippen molar-refractivity contribution in [3.63, 3.8) is 0 Å². The van der Waals surface area contributed by atoms with Gasteiger partial charge < -0.3 is 19.8 Å². The van der Waals surface area contributed by atoms with Crippen LogP contribution in [0.15, 0.2) is 42.5 Å². The van der Waals surface area contributed by atoms with Crippen LogP contribution in [-0.4, -0.2) is 40.5 Å². The van der Waals surface area contributed by atoms with Gasteiger partial charge in [0.15, 0.2) is 6.10 Å². The van der Waals surface area contributed by atoms with Crippen molar-refractivity contribution in [1.82, 2.24) is 9.97 Å². The van der Waals surface area contributed by atoms with Gasteiger partial charge in [0.05, 0.1) is 28.8 Å². The number of benzene rings is 2. The molecule has 2 N–H and O–H groups in total. The van der Waals surface area contributed by atoms with Crippen LogP contribution in [0.2, 0.25) is 0 Å². The predicted octanol–water partition coefficient (Wildman–Crippen LogP) is 7.01. The molecule has 1 unspecified atom stereocenters. The summed E-state index contributed by atoms with van der Waals surface area (Å²) in [6.07, 6.45) is 5.21. The first kappa shape index (κ1) is 28.5. The highest BCUT2D eigenvalue weighted by atomic mass is 32.1. The fourth-order valence-corrected chi connectivity index (χ4v) is 6.40. The Morgan fingerprint density at radius 2 is 1.76 bits per heavy atom. The molecule has 9 heteroatoms. The van der Waals surface area contributed by atoms with Gasteiger partial charge in [0.1, 0.15) is 10.8 Å². The van der Waals surface area contributed by atoms with Gasteiger partial charge in [-0.1, -0.05) is 49.6 Å². The van der Waals surface area contributed by atoms with Gasteiger partial charge in [0, 0.05) is 10.4 Å². The van der Waals surface area contributed by atoms with E-state index in [1.807, 2.05) is 31.2 Å². The second kappa shape index (κ2) is 12.7. The van der Waals surface area contributed by atoms with Crippen molar-refractivity contribution in [2.24, 2.45) is 0 Å². The van der Waals surface area contributed by atoms with Crippen LogP contribution in [0.4, 0.5) is 5.00 Å². The summed E-state index contributed by atoms with van der Waals surface area (Å²) in [5, 5.41) is 3.37. The number of rotatable bonds is 8. The van der Waals surface area contributed by atoms with Gasteiger partial charge in [-0.05, 0) is 69.7 Å². The van der Waals surface area contributed by atoms with E-state index in [-0.39, 0.29) is 13.0 Å². The van der Waals surface area contributed by atoms with Crippen LogP contribution in [0.3, 0.4) is 0 Å². The minimum absolute atomic E-state index is 0.249. The van der Waals surface area contributed by atoms with Crippen LogP contribution in [-0.2, 0) is 27.1 Å². The summed E-state index contributed by atoms with van der Waals surface area (Å²) >= 11 is 1.43. The number of amides is 1. The Kier molecular flexibility index (Phi) is 8.83. The third-order valence-electron chi connectivity index (χ3n) is 7.34. The number of aromatic nitrogens is 2. The van der Waals surface area contributed by atoms with Crippen LogP contribution in [0.25, 0.3) is 22.4 Å². The molecule has 0 saturated carbocycles. The van der Waals surface area contributed by atoms with E-state index in [1.165, 1.54) is 11.3 Å². The van der Waals surface area contributed by atoms with Gasteiger partial charge in [-0.25, -0.2) is 14.6 Å². The van der Waals surface area contributed by atoms with Crippen molar-refractivity contribution >= 4 is 45.2 Å². The number of aromatic amines is 1. The number of imidazole rings is 1. The van der Waals surface area contributed by atoms with Crippen molar-refractivity contribution < 1.29 is 23.9 Å². The second-order valence-electron chi connectivity index (χ2n) is 10.3. The SMILES string of the molecule is CCOC(=O)c1c(NC(=O)C(CC)OC(=O)c2ccc3nc(-c4ccc(C)cc4)[nH]c3c2)sc2c1CCCCCC2. The number of H-pyrrole nitrogens is 1. The molecule has 0 saturated heterocycles. The van der Waals surface area contributed by atoms with Crippen LogP contribution in [0, 0.1) is 6.92 Å². The Labute approximate surface area is 243 Å². The van der Waals surface area contributed by atoms with Gasteiger partial charge in [-0.15, -0.1) is 11.3 Å². The van der Waals surface area contributed by atoms with Crippen molar-refractivity contribution in [2.75, 3.05) is 11.9 Å². The maximum absolute atomic E-state index is 13.3. The lowest BCUT2D eigenvalue weighted by Crippen LogP contribution is -2.32. The molecule has 41 heavy (non-hydrogen) atoms. The molecule has 1 aliphatic carbocycles. The van der Waals surface area contributed by atoms with E-state index in [2.05, 4.69) is 15.3 Å². The summed E-state index contributed by atoms with van der Waals surface area (Å²) in [4.78, 5) is 48.4. The predicted molar refractivity (Wildman–Crippen MR) is 161 cm³/mol. The fourth-order valence-electron chi connectivity index (χ4n) is 5.12. The number of nitrogens with zero attached hydrogens (tertiary/aromatic N) is 1. The number of hydrogen-bond donors (Lipinski definition) is 2. The highest BCUT2D eigenvalue weighted by Gasteiger charge is 2.29. The first-order valence-corrected chi connectivity index (χ1v) is 15.1. The van der Waals surface area contributed by atoms with Gasteiger partial charge in [0.25, 0.3) is 5.91 Å². The summed E-state index contributed by atoms with van der Waals surface area (Å²) in [6.45, 7) is 5.82. The van der Waals surface area contributed by atoms with Gasteiger partial charge in [0.2, 0.25) is 0 Å². The molecule has 0 bridgehead atoms. The largest absolute Gasteiger partial charge is 0.462 e. The maximum atomic E-state index is 13.3. The molecule has 1 amide bonds. The molecular formula is C32H35N3O5S. The molecule has 214 valence electrons. The number of aryl methyl sites for hydroxylation is 2. The van der Waals surface area contributed by atoms with E-state index in [4.69, 9.17) is 9.47 Å². The quantitative estimate of drug-likeness (QED) is 0.219. The van der Waals surface area contributed by atoms with Crippen molar-refractivity contribution in [2.45, 2.75) is 71.8 Å². The van der Waals surface area contributed by atoms with E-state index in [9.17, 15) is 14.4 Å². The lowest BCUT2D eigenvalue weighted by atomic mass is 9.96. The number of carbonyl (C=O) groups excluding carboxylic acids is 3. The van der Waals surface area contributed by atoms with Crippen LogP contribution >= 0.6 is 11.3 Å². The number of nitrogens with one attached hydrogen (secondary N) is 2. The van der Waals surface area contributed by atoms with Gasteiger partial charge in [-0.3, -0.25) is 4.79 Å². The third-order valence-corrected chi connectivity index (χ3v) is 8.55. The molecular weight excluding hydrogens is 538 g/mol. The molecule has 2 aromatic heterocycles. The summed E-state index contributed by atoms with van der Waals surface area (Å²) in [6, 6.07) is 13.1. The monoisotopic (exact) mass is 573 g/mol. The fraction of sp³-hybridized carbons (Fsp3) is 0.375. The molecule has 4 aromatic rings. The summed E-state index contributed by atoms with van der Waals surface area (Å²) in [5.74, 6) is -0.795. The van der Waals surface area contributed by atoms with E-state index >= 15 is 0 Å². The number of carbonyl (C=O) groups is 3. The zero-order valence-corrected chi connectivity index (χ0v) is 24.5. The average molecular weight is 574 g/mol. The van der Waals surface area contributed by atoms with E-state index < -0.39 is 23.9 Å². The molecule has 8 nitrogen and oxygen atoms in total. The number of thiophene rings is 1. The highest BCUT2D eigenvalue weighted by Crippen LogP contribution is 2.38. The average Bonchev–Trinajstić information content (AvgIpc) is 3.52. The molecule has 1 aliphatic rings. The number of fused-ring (bicyclic) bond motifs is 2. The number of esters is 2. The molecule has 0 aliphatic heterocycles. The Bertz CT molecular complexity index is 1570. The lowest BCUT2D eigenvalue weighted by Gasteiger charge is -2.16. The topological polar surface area (TPSA) is 110 Å². The zero-order valence-electron chi connectivity index (χ0n) is 23.7. The normalized spacial score (nSPS) is 14.0. The molecule has 1 atom stereocenters. The first-order valence-electron chi connectivity index (χ1n) is 14.3. The number of anilines is 1. The molecule has 0 radical (unpaired) electrons. The van der Waals surface area contributed by atoms with E-state index in [0.29, 0.717) is 27.5 Å². The summed E-state index contributed by atoms with van der Waals surface area (Å²) in [5.41, 5.74) is 5.26. The van der Waals surface area contributed by atoms with E-state index in [0.717, 1.165) is 65.6 Å². The van der Waals surface area contributed by atoms with Gasteiger partial charge >= 0.3 is 11.9 Å². The number of ether oxygens (including phenoxy) is 2. The lowest BCUT2D eigenvalue weighted by molar-refractivity contribution is -0.124. The number of hydrogen-bond acceptors (Lipinski definition) is 7. The van der Waals surface area contributed by atoms with Crippen molar-refractivity contribution in [3.05, 3.63) is 69.6 Å². The Hall–Kier alpha value is -3.98. The molecule has 0 fully saturated rings. The Morgan fingerprint density at radius 3 is 2.49 bits per heavy atom. The zero-order chi connectivity index (χ0) is 28.9. The Morgan fingerprint density at radius 1 is 1.00 bits per heavy atom. The van der Waals surface area contributed by atoms with Crippen LogP contribution in [0.1, 0.15) is 82.7 Å². The van der Waals surface area contributed by atoms with E-state index in [1.54, 1.807) is 32.0 Å². The maximum Gasteiger partial charge on any atom is 0.341 e. The minimum atomic E-state index is -1.03. The molecule has 2 heterocycles. The molecule has 2 aromatic carbocycles. The smallest absolute Gasteiger partial charge is 0.341 e. The van der Waals surface area contributed by atoms with Gasteiger partial charge in [-0.2, -0.15) is 0 Å². The highest BCUT2D eigenvalue weighted by molar-refractivity contribution is 7.17. The first-order chi connectivity index (χ1) is 19.9. The summed E-state index contributed by atoms with van der Waals surface area (Å²) in [7, 11) is 0. The Balaban J connectivity index is 1.33. The third kappa shape index (κ3) is 6.35. The summed E-state index contributed by atoms with van der Waals surface area (Å²) < 4.78 is 11.0. The second-order valence-corrected chi connectivity index (χ2v) is 11.4. The van der Waals surface area contributed by atoms with Crippen molar-refractivity contribution in [3.8, 4) is 11.4 Å². The minimum Gasteiger partial charge on any atom is -0.462 e.